The van der Waals surface area contributed by atoms with Crippen molar-refractivity contribution in [2.75, 3.05) is 26.2 Å². The molecule has 1 aromatic heterocycles. The minimum absolute atomic E-state index is 0.188. The summed E-state index contributed by atoms with van der Waals surface area (Å²) >= 11 is 1.19. The lowest BCUT2D eigenvalue weighted by Gasteiger charge is -2.28. The molecule has 0 radical (unpaired) electrons. The monoisotopic (exact) mass is 373 g/mol. The number of likely N-dealkylation sites (N-methyl/N-ethyl adjacent to an activating group) is 1. The topological polar surface area (TPSA) is 69.7 Å². The molecule has 8 heteroatoms. The van der Waals surface area contributed by atoms with Crippen LogP contribution in [0.5, 0.6) is 0 Å². The second-order valence-corrected chi connectivity index (χ2v) is 9.09. The third-order valence-corrected chi connectivity index (χ3v) is 7.85. The van der Waals surface area contributed by atoms with Gasteiger partial charge in [0.2, 0.25) is 5.91 Å². The summed E-state index contributed by atoms with van der Waals surface area (Å²) in [6.07, 6.45) is 1.30. The Bertz CT molecular complexity index is 627. The van der Waals surface area contributed by atoms with E-state index >= 15 is 0 Å². The zero-order chi connectivity index (χ0) is 17.7. The van der Waals surface area contributed by atoms with Crippen LogP contribution in [0.3, 0.4) is 0 Å². The van der Waals surface area contributed by atoms with Gasteiger partial charge in [-0.05, 0) is 44.3 Å². The Hall–Kier alpha value is -0.960. The Labute approximate surface area is 148 Å². The zero-order valence-corrected chi connectivity index (χ0v) is 16.2. The molecule has 6 nitrogen and oxygen atoms in total. The fourth-order valence-electron chi connectivity index (χ4n) is 3.16. The van der Waals surface area contributed by atoms with Gasteiger partial charge in [0, 0.05) is 19.1 Å². The molecular formula is C16H27N3O3S2. The largest absolute Gasteiger partial charge is 0.353 e. The number of rotatable bonds is 8. The summed E-state index contributed by atoms with van der Waals surface area (Å²) in [5.74, 6) is -0.188. The maximum absolute atomic E-state index is 12.7. The van der Waals surface area contributed by atoms with Crippen LogP contribution in [0.25, 0.3) is 0 Å². The summed E-state index contributed by atoms with van der Waals surface area (Å²) in [6, 6.07) is 2.94. The first kappa shape index (κ1) is 19.4. The van der Waals surface area contributed by atoms with Crippen LogP contribution in [0.1, 0.15) is 33.6 Å². The minimum atomic E-state index is -3.57. The first-order valence-electron chi connectivity index (χ1n) is 8.48. The van der Waals surface area contributed by atoms with Crippen molar-refractivity contribution < 1.29 is 13.2 Å². The average molecular weight is 374 g/mol. The molecule has 1 N–H and O–H groups in total. The van der Waals surface area contributed by atoms with Gasteiger partial charge < -0.3 is 5.32 Å². The molecule has 1 aromatic rings. The molecule has 0 spiro atoms. The lowest BCUT2D eigenvalue weighted by molar-refractivity contribution is -0.124. The molecule has 24 heavy (non-hydrogen) atoms. The Morgan fingerprint density at radius 3 is 2.75 bits per heavy atom. The molecule has 1 saturated heterocycles. The molecule has 136 valence electrons. The predicted molar refractivity (Wildman–Crippen MR) is 96.6 cm³/mol. The van der Waals surface area contributed by atoms with Gasteiger partial charge in [-0.15, -0.1) is 11.3 Å². The first-order chi connectivity index (χ1) is 11.4. The van der Waals surface area contributed by atoms with Crippen molar-refractivity contribution >= 4 is 27.3 Å². The number of nitrogens with one attached hydrogen (secondary N) is 1. The predicted octanol–water partition coefficient (Wildman–Crippen LogP) is 1.75. The Morgan fingerprint density at radius 1 is 1.46 bits per heavy atom. The van der Waals surface area contributed by atoms with E-state index in [1.54, 1.807) is 17.5 Å². The van der Waals surface area contributed by atoms with Crippen LogP contribution in [0, 0.1) is 0 Å². The molecule has 0 aromatic carbocycles. The Morgan fingerprint density at radius 2 is 2.17 bits per heavy atom. The van der Waals surface area contributed by atoms with Crippen molar-refractivity contribution in [1.82, 2.24) is 14.5 Å². The van der Waals surface area contributed by atoms with Gasteiger partial charge in [0.05, 0.1) is 0 Å². The van der Waals surface area contributed by atoms with Crippen molar-refractivity contribution in [3.63, 3.8) is 0 Å². The molecular weight excluding hydrogens is 346 g/mol. The summed E-state index contributed by atoms with van der Waals surface area (Å²) < 4.78 is 27.1. The van der Waals surface area contributed by atoms with E-state index in [2.05, 4.69) is 31.0 Å². The number of hydrogen-bond donors (Lipinski definition) is 1. The van der Waals surface area contributed by atoms with Crippen LogP contribution in [-0.4, -0.2) is 61.8 Å². The maximum atomic E-state index is 12.7. The van der Waals surface area contributed by atoms with E-state index in [4.69, 9.17) is 0 Å². The summed E-state index contributed by atoms with van der Waals surface area (Å²) in [7, 11) is -3.57. The Kier molecular flexibility index (Phi) is 6.79. The normalized spacial score (nSPS) is 20.4. The summed E-state index contributed by atoms with van der Waals surface area (Å²) in [5.41, 5.74) is 0. The van der Waals surface area contributed by atoms with Gasteiger partial charge in [0.15, 0.2) is 0 Å². The molecule has 1 fully saturated rings. The fourth-order valence-corrected chi connectivity index (χ4v) is 5.93. The van der Waals surface area contributed by atoms with Crippen LogP contribution in [0.4, 0.5) is 0 Å². The molecule has 0 aliphatic carbocycles. The van der Waals surface area contributed by atoms with Gasteiger partial charge in [-0.3, -0.25) is 9.69 Å². The van der Waals surface area contributed by atoms with Crippen LogP contribution < -0.4 is 5.32 Å². The summed E-state index contributed by atoms with van der Waals surface area (Å²) in [4.78, 5) is 14.8. The minimum Gasteiger partial charge on any atom is -0.353 e. The highest BCUT2D eigenvalue weighted by molar-refractivity contribution is 7.91. The van der Waals surface area contributed by atoms with Crippen LogP contribution in [0.15, 0.2) is 21.7 Å². The number of sulfonamides is 1. The molecule has 2 rings (SSSR count). The smallest absolute Gasteiger partial charge is 0.253 e. The highest BCUT2D eigenvalue weighted by Crippen LogP contribution is 2.28. The van der Waals surface area contributed by atoms with E-state index in [-0.39, 0.29) is 11.9 Å². The van der Waals surface area contributed by atoms with Crippen molar-refractivity contribution in [2.24, 2.45) is 0 Å². The lowest BCUT2D eigenvalue weighted by atomic mass is 10.2. The van der Waals surface area contributed by atoms with Gasteiger partial charge in [0.25, 0.3) is 10.0 Å². The number of thiophene rings is 1. The quantitative estimate of drug-likeness (QED) is 0.754. The molecule has 1 aliphatic heterocycles. The number of hydrogen-bond acceptors (Lipinski definition) is 5. The van der Waals surface area contributed by atoms with E-state index in [9.17, 15) is 13.2 Å². The van der Waals surface area contributed by atoms with E-state index in [0.717, 1.165) is 13.1 Å². The van der Waals surface area contributed by atoms with Gasteiger partial charge in [0.1, 0.15) is 10.3 Å². The molecule has 0 bridgehead atoms. The van der Waals surface area contributed by atoms with E-state index < -0.39 is 16.1 Å². The third-order valence-electron chi connectivity index (χ3n) is 4.57. The number of carbonyl (C=O) groups is 1. The molecule has 2 atom stereocenters. The van der Waals surface area contributed by atoms with Crippen LogP contribution in [0.2, 0.25) is 0 Å². The van der Waals surface area contributed by atoms with Crippen molar-refractivity contribution in [3.05, 3.63) is 17.5 Å². The van der Waals surface area contributed by atoms with Gasteiger partial charge in [-0.2, -0.15) is 4.31 Å². The standard InChI is InChI=1S/C16H27N3O3S2/c1-4-18(5-2)13(3)12-17-16(20)14-8-6-10-19(14)24(21,22)15-9-7-11-23-15/h7,9,11,13-14H,4-6,8,10,12H2,1-3H3,(H,17,20)/t13-,14-/m1/s1. The fraction of sp³-hybridized carbons (Fsp3) is 0.688. The Balaban J connectivity index is 2.01. The second kappa shape index (κ2) is 8.42. The van der Waals surface area contributed by atoms with Gasteiger partial charge in [-0.1, -0.05) is 19.9 Å². The maximum Gasteiger partial charge on any atom is 0.253 e. The molecule has 0 unspecified atom stereocenters. The van der Waals surface area contributed by atoms with Crippen molar-refractivity contribution in [1.29, 1.82) is 0 Å². The van der Waals surface area contributed by atoms with Crippen molar-refractivity contribution in [2.45, 2.75) is 49.9 Å². The first-order valence-corrected chi connectivity index (χ1v) is 10.8. The summed E-state index contributed by atoms with van der Waals surface area (Å²) in [5, 5.41) is 4.68. The average Bonchev–Trinajstić information content (AvgIpc) is 3.25. The number of amides is 1. The molecule has 0 saturated carbocycles. The van der Waals surface area contributed by atoms with Gasteiger partial charge >= 0.3 is 0 Å². The molecule has 1 aliphatic rings. The van der Waals surface area contributed by atoms with Crippen molar-refractivity contribution in [3.8, 4) is 0 Å². The molecule has 1 amide bonds. The van der Waals surface area contributed by atoms with E-state index in [0.29, 0.717) is 30.1 Å². The number of nitrogens with zero attached hydrogens (tertiary/aromatic N) is 2. The highest BCUT2D eigenvalue weighted by Gasteiger charge is 2.39. The van der Waals surface area contributed by atoms with Gasteiger partial charge in [-0.25, -0.2) is 8.42 Å². The van der Waals surface area contributed by atoms with Crippen LogP contribution in [-0.2, 0) is 14.8 Å². The zero-order valence-electron chi connectivity index (χ0n) is 14.6. The lowest BCUT2D eigenvalue weighted by Crippen LogP contribution is -2.49. The van der Waals surface area contributed by atoms with Crippen LogP contribution >= 0.6 is 11.3 Å². The second-order valence-electron chi connectivity index (χ2n) is 6.02. The highest BCUT2D eigenvalue weighted by atomic mass is 32.2. The van der Waals surface area contributed by atoms with E-state index in [1.807, 2.05) is 0 Å². The molecule has 2 heterocycles. The SMILES string of the molecule is CCN(CC)[C@H](C)CNC(=O)[C@H]1CCCN1S(=O)(=O)c1cccs1. The van der Waals surface area contributed by atoms with E-state index in [1.165, 1.54) is 15.6 Å². The summed E-state index contributed by atoms with van der Waals surface area (Å²) in [6.45, 7) is 9.05. The number of carbonyl (C=O) groups excluding carboxylic acids is 1. The third kappa shape index (κ3) is 4.17.